The minimum Gasteiger partial charge on any atom is -0.490 e. The van der Waals surface area contributed by atoms with E-state index in [4.69, 9.17) is 34.0 Å². The third-order valence-corrected chi connectivity index (χ3v) is 10.2. The topological polar surface area (TPSA) is 255 Å². The molecule has 0 radical (unpaired) electrons. The van der Waals surface area contributed by atoms with E-state index in [2.05, 4.69) is 33.5 Å². The van der Waals surface area contributed by atoms with Gasteiger partial charge < -0.3 is 54.4 Å². The number of carbonyl (C=O) groups excluding carboxylic acids is 5. The first kappa shape index (κ1) is 52.1. The maximum Gasteiger partial charge on any atom is 0.255 e. The number of nitrogens with two attached hydrogens (primary N) is 2. The summed E-state index contributed by atoms with van der Waals surface area (Å²) in [5, 5.41) is 13.9. The van der Waals surface area contributed by atoms with Crippen molar-refractivity contribution >= 4 is 54.1 Å². The zero-order valence-corrected chi connectivity index (χ0v) is 37.1. The van der Waals surface area contributed by atoms with Gasteiger partial charge in [-0.3, -0.25) is 19.2 Å². The number of hydrazine groups is 1. The van der Waals surface area contributed by atoms with Crippen molar-refractivity contribution in [1.29, 1.82) is 0 Å². The second-order valence-corrected chi connectivity index (χ2v) is 14.3. The summed E-state index contributed by atoms with van der Waals surface area (Å²) in [6, 6.07) is 18.0. The van der Waals surface area contributed by atoms with Crippen molar-refractivity contribution in [3.8, 4) is 17.1 Å². The summed E-state index contributed by atoms with van der Waals surface area (Å²) in [5.74, 6) is 5.38. The van der Waals surface area contributed by atoms with Gasteiger partial charge in [-0.15, -0.1) is 0 Å². The lowest BCUT2D eigenvalue weighted by atomic mass is 10.0. The molecule has 1 aromatic heterocycles. The largest absolute Gasteiger partial charge is 0.490 e. The Hall–Kier alpha value is -6.25. The second-order valence-electron chi connectivity index (χ2n) is 14.3. The minimum atomic E-state index is -0.635. The van der Waals surface area contributed by atoms with Gasteiger partial charge in [0.05, 0.1) is 62.6 Å². The van der Waals surface area contributed by atoms with Crippen LogP contribution >= 0.6 is 0 Å². The highest BCUT2D eigenvalue weighted by Crippen LogP contribution is 2.32. The van der Waals surface area contributed by atoms with E-state index in [1.54, 1.807) is 25.2 Å². The lowest BCUT2D eigenvalue weighted by molar-refractivity contribution is -0.134. The number of hydrogen-bond donors (Lipinski definition) is 5. The van der Waals surface area contributed by atoms with Crippen LogP contribution in [-0.4, -0.2) is 138 Å². The zero-order valence-electron chi connectivity index (χ0n) is 37.1. The number of aromatic nitrogens is 1. The van der Waals surface area contributed by atoms with Crippen molar-refractivity contribution in [1.82, 2.24) is 25.8 Å². The average molecular weight is 890 g/mol. The van der Waals surface area contributed by atoms with E-state index in [0.29, 0.717) is 96.4 Å². The van der Waals surface area contributed by atoms with E-state index in [9.17, 15) is 19.2 Å². The molecule has 1 fully saturated rings. The molecule has 0 bridgehead atoms. The summed E-state index contributed by atoms with van der Waals surface area (Å²) in [7, 11) is 3.11. The Bertz CT molecular complexity index is 2060. The number of benzene rings is 3. The molecule has 1 atom stereocenters. The molecule has 64 heavy (non-hydrogen) atoms. The molecule has 19 nitrogen and oxygen atoms in total. The van der Waals surface area contributed by atoms with Crippen LogP contribution < -0.4 is 32.5 Å². The van der Waals surface area contributed by atoms with Crippen molar-refractivity contribution in [2.24, 2.45) is 16.7 Å². The number of nitrogens with zero attached hydrogens (tertiary/aromatic N) is 4. The number of aldehydes is 1. The highest BCUT2D eigenvalue weighted by molar-refractivity contribution is 6.05. The summed E-state index contributed by atoms with van der Waals surface area (Å²) >= 11 is 0. The number of nitrogens with one attached hydrogen (secondary N) is 3. The van der Waals surface area contributed by atoms with Crippen molar-refractivity contribution < 1.29 is 47.4 Å². The number of anilines is 1. The molecule has 0 saturated carbocycles. The molecule has 1 unspecified atom stereocenters. The van der Waals surface area contributed by atoms with E-state index in [1.165, 1.54) is 11.9 Å². The highest BCUT2D eigenvalue weighted by atomic mass is 16.5. The number of hydrazone groups is 1. The van der Waals surface area contributed by atoms with Gasteiger partial charge in [-0.25, -0.2) is 11.4 Å². The Balaban J connectivity index is 0.00000172. The zero-order chi connectivity index (χ0) is 46.7. The number of likely N-dealkylation sites (tertiary alicyclic amines) is 1. The fraction of sp³-hybridized carbons (Fsp3) is 0.444. The second kappa shape index (κ2) is 29.2. The molecule has 1 saturated heterocycles. The van der Waals surface area contributed by atoms with E-state index in [0.717, 1.165) is 47.0 Å². The Morgan fingerprint density at radius 3 is 2.31 bits per heavy atom. The Morgan fingerprint density at radius 2 is 1.67 bits per heavy atom. The van der Waals surface area contributed by atoms with Crippen LogP contribution in [0.2, 0.25) is 0 Å². The van der Waals surface area contributed by atoms with E-state index >= 15 is 0 Å². The van der Waals surface area contributed by atoms with Crippen molar-refractivity contribution in [2.45, 2.75) is 57.7 Å². The Morgan fingerprint density at radius 1 is 1.00 bits per heavy atom. The van der Waals surface area contributed by atoms with Gasteiger partial charge in [-0.1, -0.05) is 42.8 Å². The molecule has 3 aromatic carbocycles. The van der Waals surface area contributed by atoms with Crippen LogP contribution in [0.25, 0.3) is 22.2 Å². The monoisotopic (exact) mass is 889 g/mol. The molecule has 3 amide bonds. The molecule has 0 spiro atoms. The maximum absolute atomic E-state index is 13.3. The fourth-order valence-corrected chi connectivity index (χ4v) is 6.87. The third kappa shape index (κ3) is 15.8. The predicted octanol–water partition coefficient (Wildman–Crippen LogP) is 3.55. The van der Waals surface area contributed by atoms with E-state index in [1.807, 2.05) is 66.6 Å². The van der Waals surface area contributed by atoms with Gasteiger partial charge in [-0.2, -0.15) is 5.10 Å². The molecule has 5 rings (SSSR count). The summed E-state index contributed by atoms with van der Waals surface area (Å²) in [4.78, 5) is 61.7. The first-order chi connectivity index (χ1) is 31.2. The van der Waals surface area contributed by atoms with Gasteiger partial charge in [0.1, 0.15) is 30.2 Å². The Labute approximate surface area is 374 Å². The van der Waals surface area contributed by atoms with Gasteiger partial charge in [0.2, 0.25) is 11.8 Å². The first-order valence-corrected chi connectivity index (χ1v) is 21.1. The lowest BCUT2D eigenvalue weighted by Gasteiger charge is -2.32. The van der Waals surface area contributed by atoms with Crippen LogP contribution in [0, 0.1) is 0 Å². The molecule has 348 valence electrons. The van der Waals surface area contributed by atoms with Gasteiger partial charge in [0.25, 0.3) is 5.91 Å². The molecule has 19 heteroatoms. The molecular weight excluding hydrogens is 827 g/mol. The summed E-state index contributed by atoms with van der Waals surface area (Å²) in [6.45, 7) is 11.2. The molecule has 7 N–H and O–H groups in total. The number of rotatable bonds is 24. The van der Waals surface area contributed by atoms with Crippen molar-refractivity contribution in [3.05, 3.63) is 77.4 Å². The smallest absolute Gasteiger partial charge is 0.255 e. The van der Waals surface area contributed by atoms with E-state index < -0.39 is 11.9 Å². The summed E-state index contributed by atoms with van der Waals surface area (Å²) in [6.07, 6.45) is 3.65. The number of hydrogen-bond acceptors (Lipinski definition) is 16. The van der Waals surface area contributed by atoms with Crippen molar-refractivity contribution in [2.75, 3.05) is 78.7 Å². The van der Waals surface area contributed by atoms with Crippen LogP contribution in [0.15, 0.2) is 70.3 Å². The molecule has 1 aliphatic rings. The van der Waals surface area contributed by atoms with Crippen LogP contribution in [0.5, 0.6) is 5.75 Å². The predicted molar refractivity (Wildman–Crippen MR) is 244 cm³/mol. The Kier molecular flexibility index (Phi) is 23.8. The molecular formula is C45H63N9O10. The van der Waals surface area contributed by atoms with Crippen LogP contribution in [0.1, 0.15) is 65.3 Å². The molecule has 4 aromatic rings. The number of ether oxygens (including phenoxy) is 4. The molecule has 2 heterocycles. The highest BCUT2D eigenvalue weighted by Gasteiger charge is 2.28. The molecule has 1 aliphatic heterocycles. The first-order valence-electron chi connectivity index (χ1n) is 21.1. The van der Waals surface area contributed by atoms with Crippen LogP contribution in [-0.2, 0) is 35.1 Å². The average Bonchev–Trinajstić information content (AvgIpc) is 3.77. The van der Waals surface area contributed by atoms with Crippen LogP contribution in [0.3, 0.4) is 0 Å². The minimum absolute atomic E-state index is 0.00172. The van der Waals surface area contributed by atoms with Gasteiger partial charge in [-0.05, 0) is 48.4 Å². The van der Waals surface area contributed by atoms with Gasteiger partial charge in [0, 0.05) is 71.1 Å². The quantitative estimate of drug-likeness (QED) is 0.0222. The maximum atomic E-state index is 13.3. The summed E-state index contributed by atoms with van der Waals surface area (Å²) < 4.78 is 28.9. The van der Waals surface area contributed by atoms with Crippen LogP contribution in [0.4, 0.5) is 5.69 Å². The van der Waals surface area contributed by atoms with Gasteiger partial charge in [0.15, 0.2) is 12.0 Å². The molecule has 0 aliphatic carbocycles. The summed E-state index contributed by atoms with van der Waals surface area (Å²) in [5.41, 5.74) is 11.4. The lowest BCUT2D eigenvalue weighted by Crippen LogP contribution is -2.47. The number of amides is 3. The number of piperidine rings is 1. The standard InChI is InChI=1S/C43H56N6O9.CH5N3.CH2O/c1-4-7-39(42(52)45-2)48(3)43(53)34-10-6-11-37(36(34)29-50)46-17-21-55-23-25-56-24-22-54-20-16-40(51)49-18-14-32(15-19-49)57-33-9-5-8-31(27-33)41-35-26-30(28-44)12-13-38(35)47-58-41;1-3-4-2;1-2/h5-6,8-13,26-27,29,32,39,46H,4,7,14-25,28,44H2,1-3H3,(H,45,52);4H,1-2H2;1H2. The third-order valence-electron chi connectivity index (χ3n) is 10.2. The van der Waals surface area contributed by atoms with Crippen molar-refractivity contribution in [3.63, 3.8) is 0 Å². The SMILES string of the molecule is C=NNN.C=O.CCCC(C(=O)NC)N(C)C(=O)c1cccc(NCCOCCOCCOCCC(=O)N2CCC(Oc3cccc(-c4onc5ccc(CN)cc45)c3)CC2)c1C=O. The van der Waals surface area contributed by atoms with Gasteiger partial charge >= 0.3 is 0 Å². The number of carbonyl (C=O) groups is 5. The fourth-order valence-electron chi connectivity index (χ4n) is 6.87. The number of fused-ring (bicyclic) bond motifs is 1. The van der Waals surface area contributed by atoms with E-state index in [-0.39, 0.29) is 29.0 Å². The number of likely N-dealkylation sites (N-methyl/N-ethyl adjacent to an activating group) is 2. The normalized spacial score (nSPS) is 12.7.